The Balaban J connectivity index is 1.92. The molecule has 3 aromatic carbocycles. The maximum atomic E-state index is 11.6. The van der Waals surface area contributed by atoms with E-state index in [0.717, 1.165) is 21.9 Å². The molecule has 0 amide bonds. The van der Waals surface area contributed by atoms with E-state index in [4.69, 9.17) is 0 Å². The van der Waals surface area contributed by atoms with Crippen molar-refractivity contribution in [3.05, 3.63) is 84.1 Å². The standard InChI is InChI=1S/C20H15NO2/c22-20(23)19-12-15-7-2-4-11-18(15)21(19)13-16-9-5-8-14-6-1-3-10-17(14)16/h1-12H,13H2,(H,22,23). The van der Waals surface area contributed by atoms with E-state index in [1.54, 1.807) is 6.07 Å². The summed E-state index contributed by atoms with van der Waals surface area (Å²) in [7, 11) is 0. The van der Waals surface area contributed by atoms with Crippen LogP contribution in [0.5, 0.6) is 0 Å². The van der Waals surface area contributed by atoms with Gasteiger partial charge in [0.05, 0.1) is 0 Å². The van der Waals surface area contributed by atoms with Crippen LogP contribution >= 0.6 is 0 Å². The van der Waals surface area contributed by atoms with Gasteiger partial charge >= 0.3 is 5.97 Å². The molecule has 0 saturated heterocycles. The number of benzene rings is 3. The van der Waals surface area contributed by atoms with Crippen LogP contribution in [0.15, 0.2) is 72.8 Å². The minimum atomic E-state index is -0.901. The molecule has 1 aromatic heterocycles. The molecule has 0 aliphatic heterocycles. The van der Waals surface area contributed by atoms with E-state index in [9.17, 15) is 9.90 Å². The van der Waals surface area contributed by atoms with Crippen molar-refractivity contribution in [1.29, 1.82) is 0 Å². The fraction of sp³-hybridized carbons (Fsp3) is 0.0500. The van der Waals surface area contributed by atoms with E-state index in [-0.39, 0.29) is 0 Å². The van der Waals surface area contributed by atoms with Crippen LogP contribution in [-0.4, -0.2) is 15.6 Å². The Morgan fingerprint density at radius 2 is 1.57 bits per heavy atom. The molecule has 3 nitrogen and oxygen atoms in total. The van der Waals surface area contributed by atoms with Crippen molar-refractivity contribution in [2.75, 3.05) is 0 Å². The Morgan fingerprint density at radius 1 is 0.870 bits per heavy atom. The molecule has 112 valence electrons. The Morgan fingerprint density at radius 3 is 2.39 bits per heavy atom. The Labute approximate surface area is 133 Å². The molecule has 4 aromatic rings. The first-order valence-electron chi connectivity index (χ1n) is 7.52. The van der Waals surface area contributed by atoms with Gasteiger partial charge < -0.3 is 9.67 Å². The van der Waals surface area contributed by atoms with Gasteiger partial charge in [0.1, 0.15) is 5.69 Å². The molecule has 3 heteroatoms. The van der Waals surface area contributed by atoms with Crippen LogP contribution in [0.2, 0.25) is 0 Å². The molecule has 0 atom stereocenters. The highest BCUT2D eigenvalue weighted by Crippen LogP contribution is 2.24. The second kappa shape index (κ2) is 5.29. The van der Waals surface area contributed by atoms with Gasteiger partial charge in [-0.15, -0.1) is 0 Å². The second-order valence-corrected chi connectivity index (χ2v) is 5.62. The average Bonchev–Trinajstić information content (AvgIpc) is 2.94. The van der Waals surface area contributed by atoms with E-state index < -0.39 is 5.97 Å². The molecule has 0 saturated carbocycles. The van der Waals surface area contributed by atoms with Crippen LogP contribution in [0.25, 0.3) is 21.7 Å². The summed E-state index contributed by atoms with van der Waals surface area (Å²) in [6, 6.07) is 23.8. The summed E-state index contributed by atoms with van der Waals surface area (Å²) in [6.07, 6.45) is 0. The number of carbonyl (C=O) groups is 1. The van der Waals surface area contributed by atoms with Crippen LogP contribution in [-0.2, 0) is 6.54 Å². The molecule has 0 fully saturated rings. The summed E-state index contributed by atoms with van der Waals surface area (Å²) in [5, 5.41) is 12.8. The molecule has 0 spiro atoms. The molecular weight excluding hydrogens is 286 g/mol. The molecule has 1 N–H and O–H groups in total. The molecule has 0 aliphatic rings. The number of hydrogen-bond acceptors (Lipinski definition) is 1. The predicted octanol–water partition coefficient (Wildman–Crippen LogP) is 4.54. The first-order valence-corrected chi connectivity index (χ1v) is 7.52. The molecule has 1 heterocycles. The minimum absolute atomic E-state index is 0.319. The highest BCUT2D eigenvalue weighted by molar-refractivity contribution is 5.95. The van der Waals surface area contributed by atoms with Gasteiger partial charge in [-0.1, -0.05) is 60.7 Å². The van der Waals surface area contributed by atoms with Crippen LogP contribution < -0.4 is 0 Å². The Kier molecular flexibility index (Phi) is 3.12. The lowest BCUT2D eigenvalue weighted by Crippen LogP contribution is -2.09. The smallest absolute Gasteiger partial charge is 0.352 e. The number of aromatic carboxylic acids is 1. The van der Waals surface area contributed by atoms with Gasteiger partial charge in [0.15, 0.2) is 0 Å². The highest BCUT2D eigenvalue weighted by Gasteiger charge is 2.15. The monoisotopic (exact) mass is 301 g/mol. The molecule has 4 rings (SSSR count). The zero-order chi connectivity index (χ0) is 15.8. The lowest BCUT2D eigenvalue weighted by atomic mass is 10.0. The fourth-order valence-corrected chi connectivity index (χ4v) is 3.16. The summed E-state index contributed by atoms with van der Waals surface area (Å²) < 4.78 is 1.87. The third-order valence-electron chi connectivity index (χ3n) is 4.24. The first kappa shape index (κ1) is 13.6. The van der Waals surface area contributed by atoms with Gasteiger partial charge in [0.2, 0.25) is 0 Å². The van der Waals surface area contributed by atoms with Crippen molar-refractivity contribution in [1.82, 2.24) is 4.57 Å². The zero-order valence-electron chi connectivity index (χ0n) is 12.4. The predicted molar refractivity (Wildman–Crippen MR) is 91.9 cm³/mol. The quantitative estimate of drug-likeness (QED) is 0.603. The van der Waals surface area contributed by atoms with E-state index in [1.165, 1.54) is 5.39 Å². The van der Waals surface area contributed by atoms with Crippen LogP contribution in [0, 0.1) is 0 Å². The minimum Gasteiger partial charge on any atom is -0.477 e. The molecule has 0 unspecified atom stereocenters. The van der Waals surface area contributed by atoms with Gasteiger partial charge in [0.25, 0.3) is 0 Å². The number of hydrogen-bond donors (Lipinski definition) is 1. The third-order valence-corrected chi connectivity index (χ3v) is 4.24. The first-order chi connectivity index (χ1) is 11.2. The largest absolute Gasteiger partial charge is 0.477 e. The van der Waals surface area contributed by atoms with Crippen molar-refractivity contribution in [3.63, 3.8) is 0 Å². The summed E-state index contributed by atoms with van der Waals surface area (Å²) in [5.74, 6) is -0.901. The van der Waals surface area contributed by atoms with Crippen molar-refractivity contribution in [3.8, 4) is 0 Å². The highest BCUT2D eigenvalue weighted by atomic mass is 16.4. The fourth-order valence-electron chi connectivity index (χ4n) is 3.16. The number of nitrogens with zero attached hydrogens (tertiary/aromatic N) is 1. The number of carboxylic acid groups (broad SMARTS) is 1. The van der Waals surface area contributed by atoms with E-state index in [1.807, 2.05) is 47.0 Å². The SMILES string of the molecule is O=C(O)c1cc2ccccc2n1Cc1cccc2ccccc12. The van der Waals surface area contributed by atoms with E-state index in [0.29, 0.717) is 12.2 Å². The summed E-state index contributed by atoms with van der Waals surface area (Å²) in [6.45, 7) is 0.538. The van der Waals surface area contributed by atoms with Gasteiger partial charge in [-0.3, -0.25) is 0 Å². The van der Waals surface area contributed by atoms with Gasteiger partial charge in [-0.25, -0.2) is 4.79 Å². The average molecular weight is 301 g/mol. The topological polar surface area (TPSA) is 42.2 Å². The van der Waals surface area contributed by atoms with Gasteiger partial charge in [-0.2, -0.15) is 0 Å². The normalized spacial score (nSPS) is 11.1. The Bertz CT molecular complexity index is 1020. The zero-order valence-corrected chi connectivity index (χ0v) is 12.4. The maximum Gasteiger partial charge on any atom is 0.352 e. The number of carboxylic acids is 1. The van der Waals surface area contributed by atoms with Crippen molar-refractivity contribution in [2.24, 2.45) is 0 Å². The van der Waals surface area contributed by atoms with Crippen molar-refractivity contribution >= 4 is 27.6 Å². The summed E-state index contributed by atoms with van der Waals surface area (Å²) in [5.41, 5.74) is 2.38. The summed E-state index contributed by atoms with van der Waals surface area (Å²) >= 11 is 0. The van der Waals surface area contributed by atoms with E-state index in [2.05, 4.69) is 24.3 Å². The lowest BCUT2D eigenvalue weighted by Gasteiger charge is -2.11. The number of fused-ring (bicyclic) bond motifs is 2. The third kappa shape index (κ3) is 2.27. The van der Waals surface area contributed by atoms with E-state index >= 15 is 0 Å². The van der Waals surface area contributed by atoms with Gasteiger partial charge in [0, 0.05) is 17.4 Å². The molecule has 23 heavy (non-hydrogen) atoms. The Hall–Kier alpha value is -3.07. The maximum absolute atomic E-state index is 11.6. The van der Waals surface area contributed by atoms with Crippen LogP contribution in [0.1, 0.15) is 16.1 Å². The molecule has 0 aliphatic carbocycles. The summed E-state index contributed by atoms with van der Waals surface area (Å²) in [4.78, 5) is 11.6. The number of para-hydroxylation sites is 1. The van der Waals surface area contributed by atoms with Crippen LogP contribution in [0.4, 0.5) is 0 Å². The second-order valence-electron chi connectivity index (χ2n) is 5.62. The lowest BCUT2D eigenvalue weighted by molar-refractivity contribution is 0.0686. The molecule has 0 bridgehead atoms. The van der Waals surface area contributed by atoms with Crippen LogP contribution in [0.3, 0.4) is 0 Å². The number of rotatable bonds is 3. The molecular formula is C20H15NO2. The van der Waals surface area contributed by atoms with Crippen molar-refractivity contribution in [2.45, 2.75) is 6.54 Å². The van der Waals surface area contributed by atoms with Gasteiger partial charge in [-0.05, 0) is 28.5 Å². The van der Waals surface area contributed by atoms with Crippen molar-refractivity contribution < 1.29 is 9.90 Å². The number of aromatic nitrogens is 1. The molecule has 0 radical (unpaired) electrons.